The summed E-state index contributed by atoms with van der Waals surface area (Å²) in [4.78, 5) is 0. The summed E-state index contributed by atoms with van der Waals surface area (Å²) in [6, 6.07) is 6.23. The van der Waals surface area contributed by atoms with E-state index in [9.17, 15) is 4.39 Å². The average molecular weight is 483 g/mol. The summed E-state index contributed by atoms with van der Waals surface area (Å²) < 4.78 is 14.7. The van der Waals surface area contributed by atoms with Crippen LogP contribution in [0.5, 0.6) is 0 Å². The first-order chi connectivity index (χ1) is 17.2. The number of rotatable bonds is 12. The summed E-state index contributed by atoms with van der Waals surface area (Å²) in [5.41, 5.74) is 2.20. The lowest BCUT2D eigenvalue weighted by Crippen LogP contribution is -2.30. The number of hydrogen-bond donors (Lipinski definition) is 0. The van der Waals surface area contributed by atoms with Gasteiger partial charge in [0.1, 0.15) is 5.82 Å². The Balaban J connectivity index is 1.15. The molecule has 0 radical (unpaired) electrons. The van der Waals surface area contributed by atoms with Crippen molar-refractivity contribution in [2.45, 2.75) is 148 Å². The molecule has 1 aromatic rings. The van der Waals surface area contributed by atoms with E-state index in [2.05, 4.69) is 26.0 Å². The van der Waals surface area contributed by atoms with Crippen LogP contribution < -0.4 is 0 Å². The topological polar surface area (TPSA) is 0 Å². The van der Waals surface area contributed by atoms with Gasteiger partial charge in [-0.25, -0.2) is 4.39 Å². The molecule has 0 bridgehead atoms. The highest BCUT2D eigenvalue weighted by atomic mass is 19.1. The van der Waals surface area contributed by atoms with Crippen LogP contribution >= 0.6 is 0 Å². The van der Waals surface area contributed by atoms with Crippen molar-refractivity contribution in [1.29, 1.82) is 0 Å². The highest BCUT2D eigenvalue weighted by molar-refractivity contribution is 5.28. The monoisotopic (exact) mass is 482 g/mol. The van der Waals surface area contributed by atoms with Crippen LogP contribution in [0.2, 0.25) is 0 Å². The van der Waals surface area contributed by atoms with Crippen molar-refractivity contribution in [2.75, 3.05) is 0 Å². The smallest absolute Gasteiger partial charge is 0.126 e. The van der Waals surface area contributed by atoms with E-state index in [-0.39, 0.29) is 5.82 Å². The zero-order chi connectivity index (χ0) is 24.5. The summed E-state index contributed by atoms with van der Waals surface area (Å²) in [7, 11) is 0. The van der Waals surface area contributed by atoms with Crippen molar-refractivity contribution in [3.63, 3.8) is 0 Å². The molecule has 4 unspecified atom stereocenters. The first-order valence-electron chi connectivity index (χ1n) is 15.9. The van der Waals surface area contributed by atoms with Crippen molar-refractivity contribution in [3.05, 3.63) is 35.1 Å². The second kappa shape index (κ2) is 14.2. The lowest BCUT2D eigenvalue weighted by Gasteiger charge is -2.43. The molecule has 0 aliphatic heterocycles. The van der Waals surface area contributed by atoms with Gasteiger partial charge >= 0.3 is 0 Å². The highest BCUT2D eigenvalue weighted by Crippen LogP contribution is 2.49. The molecular weight excluding hydrogens is 427 g/mol. The van der Waals surface area contributed by atoms with E-state index in [1.54, 1.807) is 0 Å². The maximum absolute atomic E-state index is 14.7. The minimum atomic E-state index is 0.0484. The molecule has 4 rings (SSSR count). The minimum absolute atomic E-state index is 0.0484. The Kier molecular flexibility index (Phi) is 11.0. The fourth-order valence-electron chi connectivity index (χ4n) is 8.08. The molecule has 0 heterocycles. The van der Waals surface area contributed by atoms with Gasteiger partial charge < -0.3 is 0 Å². The van der Waals surface area contributed by atoms with Crippen LogP contribution in [0.1, 0.15) is 153 Å². The van der Waals surface area contributed by atoms with Gasteiger partial charge in [0.25, 0.3) is 0 Å². The Bertz CT molecular complexity index is 730. The highest BCUT2D eigenvalue weighted by Gasteiger charge is 2.36. The quantitative estimate of drug-likeness (QED) is 0.260. The number of benzene rings is 1. The zero-order valence-electron chi connectivity index (χ0n) is 23.2. The molecule has 0 nitrogen and oxygen atoms in total. The van der Waals surface area contributed by atoms with Gasteiger partial charge in [-0.1, -0.05) is 109 Å². The van der Waals surface area contributed by atoms with Crippen LogP contribution in [0.3, 0.4) is 0 Å². The third kappa shape index (κ3) is 8.07. The number of aryl methyl sites for hydroxylation is 1. The van der Waals surface area contributed by atoms with Crippen molar-refractivity contribution >= 4 is 0 Å². The number of hydrogen-bond acceptors (Lipinski definition) is 0. The van der Waals surface area contributed by atoms with E-state index in [4.69, 9.17) is 0 Å². The molecule has 35 heavy (non-hydrogen) atoms. The molecule has 0 spiro atoms. The predicted molar refractivity (Wildman–Crippen MR) is 149 cm³/mol. The van der Waals surface area contributed by atoms with Crippen LogP contribution in [0, 0.1) is 35.4 Å². The summed E-state index contributed by atoms with van der Waals surface area (Å²) in [5.74, 6) is 5.58. The second-order valence-electron chi connectivity index (χ2n) is 13.0. The van der Waals surface area contributed by atoms with E-state index in [1.165, 1.54) is 115 Å². The van der Waals surface area contributed by atoms with Gasteiger partial charge in [-0.3, -0.25) is 0 Å². The fraction of sp³-hybridized carbons (Fsp3) is 0.824. The first kappa shape index (κ1) is 27.2. The van der Waals surface area contributed by atoms with Crippen LogP contribution in [-0.4, -0.2) is 0 Å². The van der Waals surface area contributed by atoms with Crippen LogP contribution in [0.25, 0.3) is 0 Å². The Morgan fingerprint density at radius 2 is 1.31 bits per heavy atom. The standard InChI is InChI=1S/C34H55F/c1-3-5-7-8-9-26-11-13-27(14-12-26)15-16-28-17-18-31-24-32(22-21-30(31)23-28)33-20-19-29(10-6-4-2)34(35)25-33/h19-20,25-28,30-32H,3-18,21-24H2,1-2H3. The molecule has 0 N–H and O–H groups in total. The van der Waals surface area contributed by atoms with Gasteiger partial charge in [0, 0.05) is 0 Å². The number of halogens is 1. The Labute approximate surface area is 217 Å². The maximum Gasteiger partial charge on any atom is 0.126 e. The maximum atomic E-state index is 14.7. The number of unbranched alkanes of at least 4 members (excludes halogenated alkanes) is 4. The van der Waals surface area contributed by atoms with Gasteiger partial charge in [0.15, 0.2) is 0 Å². The van der Waals surface area contributed by atoms with Gasteiger partial charge in [0.05, 0.1) is 0 Å². The summed E-state index contributed by atoms with van der Waals surface area (Å²) >= 11 is 0. The van der Waals surface area contributed by atoms with Crippen LogP contribution in [0.4, 0.5) is 4.39 Å². The van der Waals surface area contributed by atoms with Crippen molar-refractivity contribution in [2.24, 2.45) is 29.6 Å². The Morgan fingerprint density at radius 1 is 0.657 bits per heavy atom. The number of fused-ring (bicyclic) bond motifs is 1. The molecule has 3 saturated carbocycles. The molecule has 3 fully saturated rings. The third-order valence-corrected chi connectivity index (χ3v) is 10.5. The zero-order valence-corrected chi connectivity index (χ0v) is 23.2. The lowest BCUT2D eigenvalue weighted by atomic mass is 9.63. The van der Waals surface area contributed by atoms with E-state index in [0.29, 0.717) is 5.92 Å². The molecule has 3 aliphatic rings. The fourth-order valence-corrected chi connectivity index (χ4v) is 8.08. The largest absolute Gasteiger partial charge is 0.207 e. The Morgan fingerprint density at radius 3 is 2.06 bits per heavy atom. The molecule has 0 amide bonds. The van der Waals surface area contributed by atoms with Gasteiger partial charge in [-0.2, -0.15) is 0 Å². The Hall–Kier alpha value is -0.850. The summed E-state index contributed by atoms with van der Waals surface area (Å²) in [5, 5.41) is 0. The SMILES string of the molecule is CCCCCCC1CCC(CCC2CCC3CC(c4ccc(CCCC)c(F)c4)CCC3C2)CC1. The second-order valence-corrected chi connectivity index (χ2v) is 13.0. The van der Waals surface area contributed by atoms with Crippen molar-refractivity contribution < 1.29 is 4.39 Å². The van der Waals surface area contributed by atoms with Gasteiger partial charge in [0.2, 0.25) is 0 Å². The average Bonchev–Trinajstić information content (AvgIpc) is 2.89. The summed E-state index contributed by atoms with van der Waals surface area (Å²) in [6.45, 7) is 4.50. The molecule has 1 aromatic carbocycles. The first-order valence-corrected chi connectivity index (χ1v) is 15.9. The lowest BCUT2D eigenvalue weighted by molar-refractivity contribution is 0.108. The molecule has 0 aromatic heterocycles. The summed E-state index contributed by atoms with van der Waals surface area (Å²) in [6.07, 6.45) is 27.8. The van der Waals surface area contributed by atoms with Crippen LogP contribution in [0.15, 0.2) is 18.2 Å². The molecule has 1 heteroatoms. The van der Waals surface area contributed by atoms with E-state index in [1.807, 2.05) is 6.07 Å². The minimum Gasteiger partial charge on any atom is -0.207 e. The van der Waals surface area contributed by atoms with Crippen molar-refractivity contribution in [3.8, 4) is 0 Å². The van der Waals surface area contributed by atoms with Gasteiger partial charge in [-0.15, -0.1) is 0 Å². The third-order valence-electron chi connectivity index (χ3n) is 10.5. The molecular formula is C34H55F. The van der Waals surface area contributed by atoms with E-state index >= 15 is 0 Å². The van der Waals surface area contributed by atoms with E-state index in [0.717, 1.165) is 54.4 Å². The van der Waals surface area contributed by atoms with E-state index < -0.39 is 0 Å². The predicted octanol–water partition coefficient (Wildman–Crippen LogP) is 11.0. The van der Waals surface area contributed by atoms with Crippen LogP contribution in [-0.2, 0) is 6.42 Å². The molecule has 198 valence electrons. The molecule has 3 aliphatic carbocycles. The van der Waals surface area contributed by atoms with Crippen molar-refractivity contribution in [1.82, 2.24) is 0 Å². The molecule has 4 atom stereocenters. The van der Waals surface area contributed by atoms with Gasteiger partial charge in [-0.05, 0) is 97.6 Å². The normalized spacial score (nSPS) is 31.3. The molecule has 0 saturated heterocycles.